The Morgan fingerprint density at radius 1 is 0.973 bits per heavy atom. The molecule has 0 saturated heterocycles. The van der Waals surface area contributed by atoms with Crippen LogP contribution in [0.2, 0.25) is 0 Å². The summed E-state index contributed by atoms with van der Waals surface area (Å²) < 4.78 is 58.3. The number of aliphatic imine (C=N–C) groups is 1. The SMILES string of the molecule is Cc1ccc(S(=O)(=O)n2c(C3=CC(C(C)(C)C)=NCC3)cc3c(-c4cccc(F)c4F)ccnc32)cc1. The summed E-state index contributed by atoms with van der Waals surface area (Å²) in [5.74, 6) is -1.97. The maximum atomic E-state index is 14.8. The van der Waals surface area contributed by atoms with Crippen LogP contribution >= 0.6 is 0 Å². The summed E-state index contributed by atoms with van der Waals surface area (Å²) in [5.41, 5.74) is 3.34. The van der Waals surface area contributed by atoms with Gasteiger partial charge < -0.3 is 0 Å². The van der Waals surface area contributed by atoms with E-state index >= 15 is 0 Å². The number of rotatable bonds is 4. The average Bonchev–Trinajstić information content (AvgIpc) is 3.26. The van der Waals surface area contributed by atoms with Gasteiger partial charge in [-0.1, -0.05) is 50.6 Å². The molecule has 190 valence electrons. The lowest BCUT2D eigenvalue weighted by Crippen LogP contribution is -2.22. The number of nitrogens with zero attached hydrogens (tertiary/aromatic N) is 3. The second-order valence-corrected chi connectivity index (χ2v) is 12.0. The highest BCUT2D eigenvalue weighted by molar-refractivity contribution is 7.90. The first-order valence-electron chi connectivity index (χ1n) is 12.0. The summed E-state index contributed by atoms with van der Waals surface area (Å²) in [7, 11) is -4.08. The standard InChI is InChI=1S/C29H27F2N3O2S/c1-18-8-10-20(11-9-18)37(35,36)34-25(19-12-14-32-26(16-19)29(2,3)4)17-23-21(13-15-33-28(23)34)22-6-5-7-24(30)27(22)31/h5-11,13,15-17H,12,14H2,1-4H3. The maximum absolute atomic E-state index is 14.8. The number of dihydropyridines is 1. The van der Waals surface area contributed by atoms with E-state index in [2.05, 4.69) is 30.7 Å². The molecule has 2 aromatic carbocycles. The van der Waals surface area contributed by atoms with Crippen LogP contribution in [-0.4, -0.2) is 29.6 Å². The fourth-order valence-electron chi connectivity index (χ4n) is 4.54. The Morgan fingerprint density at radius 2 is 1.70 bits per heavy atom. The van der Waals surface area contributed by atoms with Crippen LogP contribution in [0, 0.1) is 24.0 Å². The molecule has 1 aliphatic rings. The van der Waals surface area contributed by atoms with E-state index < -0.39 is 21.7 Å². The van der Waals surface area contributed by atoms with E-state index in [1.165, 1.54) is 22.3 Å². The molecule has 0 radical (unpaired) electrons. The fraction of sp³-hybridized carbons (Fsp3) is 0.241. The monoisotopic (exact) mass is 519 g/mol. The molecule has 5 nitrogen and oxygen atoms in total. The number of allylic oxidation sites excluding steroid dienone is 1. The van der Waals surface area contributed by atoms with Crippen molar-refractivity contribution in [2.45, 2.75) is 39.0 Å². The van der Waals surface area contributed by atoms with Gasteiger partial charge >= 0.3 is 0 Å². The summed E-state index contributed by atoms with van der Waals surface area (Å²) in [6, 6.07) is 13.8. The first kappa shape index (κ1) is 25.0. The molecule has 37 heavy (non-hydrogen) atoms. The van der Waals surface area contributed by atoms with Gasteiger partial charge in [-0.15, -0.1) is 0 Å². The zero-order valence-electron chi connectivity index (χ0n) is 21.1. The lowest BCUT2D eigenvalue weighted by molar-refractivity contribution is 0.511. The lowest BCUT2D eigenvalue weighted by atomic mass is 9.86. The van der Waals surface area contributed by atoms with Gasteiger partial charge in [0.15, 0.2) is 17.3 Å². The molecule has 0 aliphatic carbocycles. The third-order valence-electron chi connectivity index (χ3n) is 6.53. The fourth-order valence-corrected chi connectivity index (χ4v) is 6.03. The molecule has 0 fully saturated rings. The van der Waals surface area contributed by atoms with Crippen LogP contribution in [0.15, 0.2) is 76.8 Å². The van der Waals surface area contributed by atoms with Crippen molar-refractivity contribution in [2.24, 2.45) is 10.4 Å². The molecule has 0 spiro atoms. The molecule has 0 unspecified atom stereocenters. The third kappa shape index (κ3) is 4.39. The van der Waals surface area contributed by atoms with Gasteiger partial charge in [-0.25, -0.2) is 26.2 Å². The van der Waals surface area contributed by atoms with Gasteiger partial charge in [-0.2, -0.15) is 0 Å². The zero-order chi connectivity index (χ0) is 26.5. The Labute approximate surface area is 215 Å². The molecular formula is C29H27F2N3O2S. The molecular weight excluding hydrogens is 492 g/mol. The van der Waals surface area contributed by atoms with E-state index in [9.17, 15) is 17.2 Å². The maximum Gasteiger partial charge on any atom is 0.269 e. The second kappa shape index (κ2) is 9.03. The number of aromatic nitrogens is 2. The molecule has 0 amide bonds. The molecule has 8 heteroatoms. The summed E-state index contributed by atoms with van der Waals surface area (Å²) in [6.07, 6.45) is 3.88. The number of benzene rings is 2. The van der Waals surface area contributed by atoms with Crippen molar-refractivity contribution in [1.29, 1.82) is 0 Å². The lowest BCUT2D eigenvalue weighted by Gasteiger charge is -2.24. The zero-order valence-corrected chi connectivity index (χ0v) is 21.9. The predicted octanol–water partition coefficient (Wildman–Crippen LogP) is 6.80. The van der Waals surface area contributed by atoms with Gasteiger partial charge in [0.2, 0.25) is 0 Å². The highest BCUT2D eigenvalue weighted by Gasteiger charge is 2.29. The molecule has 1 aliphatic heterocycles. The average molecular weight is 520 g/mol. The highest BCUT2D eigenvalue weighted by Crippen LogP contribution is 2.38. The van der Waals surface area contributed by atoms with Gasteiger partial charge in [0.05, 0.1) is 10.6 Å². The van der Waals surface area contributed by atoms with Gasteiger partial charge in [0.1, 0.15) is 0 Å². The summed E-state index contributed by atoms with van der Waals surface area (Å²) in [5, 5.41) is 0.415. The van der Waals surface area contributed by atoms with Crippen LogP contribution in [0.3, 0.4) is 0 Å². The molecule has 2 aromatic heterocycles. The quantitative estimate of drug-likeness (QED) is 0.298. The topological polar surface area (TPSA) is 64.3 Å². The Kier molecular flexibility index (Phi) is 6.10. The summed E-state index contributed by atoms with van der Waals surface area (Å²) in [6.45, 7) is 8.56. The molecule has 0 saturated carbocycles. The van der Waals surface area contributed by atoms with Crippen LogP contribution in [0.5, 0.6) is 0 Å². The van der Waals surface area contributed by atoms with Crippen molar-refractivity contribution in [1.82, 2.24) is 8.96 Å². The van der Waals surface area contributed by atoms with E-state index in [1.54, 1.807) is 36.4 Å². The van der Waals surface area contributed by atoms with E-state index in [0.29, 0.717) is 29.6 Å². The van der Waals surface area contributed by atoms with E-state index in [0.717, 1.165) is 22.9 Å². The minimum atomic E-state index is -4.08. The van der Waals surface area contributed by atoms with Crippen molar-refractivity contribution in [3.05, 3.63) is 89.8 Å². The van der Waals surface area contributed by atoms with E-state index in [-0.39, 0.29) is 21.5 Å². The van der Waals surface area contributed by atoms with Crippen molar-refractivity contribution >= 4 is 32.3 Å². The first-order chi connectivity index (χ1) is 17.5. The van der Waals surface area contributed by atoms with Gasteiger partial charge in [0.25, 0.3) is 10.0 Å². The molecule has 0 atom stereocenters. The molecule has 5 rings (SSSR count). The smallest absolute Gasteiger partial charge is 0.269 e. The normalized spacial score (nSPS) is 14.5. The number of fused-ring (bicyclic) bond motifs is 1. The predicted molar refractivity (Wildman–Crippen MR) is 143 cm³/mol. The highest BCUT2D eigenvalue weighted by atomic mass is 32.2. The Morgan fingerprint density at radius 3 is 2.41 bits per heavy atom. The summed E-state index contributed by atoms with van der Waals surface area (Å²) in [4.78, 5) is 9.19. The van der Waals surface area contributed by atoms with Gasteiger partial charge in [0, 0.05) is 34.8 Å². The summed E-state index contributed by atoms with van der Waals surface area (Å²) >= 11 is 0. The second-order valence-electron chi connectivity index (χ2n) is 10.2. The Bertz CT molecular complexity index is 1690. The van der Waals surface area contributed by atoms with Crippen LogP contribution in [0.4, 0.5) is 8.78 Å². The van der Waals surface area contributed by atoms with Crippen LogP contribution in [-0.2, 0) is 10.0 Å². The Balaban J connectivity index is 1.84. The molecule has 0 N–H and O–H groups in total. The van der Waals surface area contributed by atoms with Crippen molar-refractivity contribution in [3.8, 4) is 11.1 Å². The first-order valence-corrected chi connectivity index (χ1v) is 13.5. The minimum absolute atomic E-state index is 0.0402. The molecule has 0 bridgehead atoms. The van der Waals surface area contributed by atoms with Crippen molar-refractivity contribution < 1.29 is 17.2 Å². The number of halogens is 2. The van der Waals surface area contributed by atoms with Crippen molar-refractivity contribution in [3.63, 3.8) is 0 Å². The van der Waals surface area contributed by atoms with Crippen LogP contribution in [0.25, 0.3) is 27.7 Å². The van der Waals surface area contributed by atoms with Gasteiger partial charge in [-0.05, 0) is 60.9 Å². The molecule has 3 heterocycles. The Hall–Kier alpha value is -3.65. The van der Waals surface area contributed by atoms with Crippen LogP contribution in [0.1, 0.15) is 38.4 Å². The minimum Gasteiger partial charge on any atom is -0.289 e. The van der Waals surface area contributed by atoms with E-state index in [1.807, 2.05) is 13.0 Å². The van der Waals surface area contributed by atoms with Crippen LogP contribution < -0.4 is 0 Å². The largest absolute Gasteiger partial charge is 0.289 e. The number of hydrogen-bond acceptors (Lipinski definition) is 4. The third-order valence-corrected chi connectivity index (χ3v) is 8.25. The molecule has 4 aromatic rings. The number of aryl methyl sites for hydroxylation is 1. The van der Waals surface area contributed by atoms with Gasteiger partial charge in [-0.3, -0.25) is 4.99 Å². The van der Waals surface area contributed by atoms with E-state index in [4.69, 9.17) is 0 Å². The van der Waals surface area contributed by atoms with Crippen molar-refractivity contribution in [2.75, 3.05) is 6.54 Å². The number of hydrogen-bond donors (Lipinski definition) is 0. The number of pyridine rings is 1.